The summed E-state index contributed by atoms with van der Waals surface area (Å²) in [5.41, 5.74) is 5.03. The van der Waals surface area contributed by atoms with Gasteiger partial charge in [-0.25, -0.2) is 9.18 Å². The lowest BCUT2D eigenvalue weighted by atomic mass is 9.98. The second kappa shape index (κ2) is 10.0. The Balaban J connectivity index is 1.88. The van der Waals surface area contributed by atoms with E-state index in [0.29, 0.717) is 22.4 Å². The van der Waals surface area contributed by atoms with Gasteiger partial charge in [-0.3, -0.25) is 0 Å². The molecule has 160 valence electrons. The number of benzene rings is 3. The third-order valence-electron chi connectivity index (χ3n) is 4.77. The van der Waals surface area contributed by atoms with Crippen LogP contribution >= 0.6 is 0 Å². The minimum absolute atomic E-state index is 0.0208. The molecular weight excluding hydrogens is 395 g/mol. The molecule has 0 unspecified atom stereocenters. The van der Waals surface area contributed by atoms with Gasteiger partial charge in [0.25, 0.3) is 0 Å². The maximum atomic E-state index is 14.3. The van der Waals surface area contributed by atoms with Crippen molar-refractivity contribution in [1.29, 1.82) is 0 Å². The SMILES string of the molecule is C=C(C)C(=O)OCc1cc(-c2ccc(-c3ccc(C)cc3F)cc2)ccc1OCCO. The fraction of sp³-hybridized carbons (Fsp3) is 0.192. The van der Waals surface area contributed by atoms with E-state index in [9.17, 15) is 9.18 Å². The molecule has 31 heavy (non-hydrogen) atoms. The highest BCUT2D eigenvalue weighted by molar-refractivity contribution is 5.87. The van der Waals surface area contributed by atoms with Crippen LogP contribution in [0, 0.1) is 12.7 Å². The van der Waals surface area contributed by atoms with E-state index in [-0.39, 0.29) is 25.6 Å². The predicted octanol–water partition coefficient (Wildman–Crippen LogP) is 5.46. The summed E-state index contributed by atoms with van der Waals surface area (Å²) in [7, 11) is 0. The van der Waals surface area contributed by atoms with Crippen LogP contribution in [0.4, 0.5) is 4.39 Å². The normalized spacial score (nSPS) is 10.6. The fourth-order valence-corrected chi connectivity index (χ4v) is 3.13. The number of hydrogen-bond donors (Lipinski definition) is 1. The molecule has 0 atom stereocenters. The van der Waals surface area contributed by atoms with E-state index < -0.39 is 5.97 Å². The van der Waals surface area contributed by atoms with Crippen molar-refractivity contribution in [3.8, 4) is 28.0 Å². The Bertz CT molecular complexity index is 1090. The van der Waals surface area contributed by atoms with Crippen molar-refractivity contribution in [1.82, 2.24) is 0 Å². The number of aliphatic hydroxyl groups excluding tert-OH is 1. The Labute approximate surface area is 181 Å². The zero-order valence-electron chi connectivity index (χ0n) is 17.7. The van der Waals surface area contributed by atoms with E-state index >= 15 is 0 Å². The molecule has 0 radical (unpaired) electrons. The third-order valence-corrected chi connectivity index (χ3v) is 4.77. The highest BCUT2D eigenvalue weighted by Crippen LogP contribution is 2.30. The van der Waals surface area contributed by atoms with Crippen LogP contribution in [-0.4, -0.2) is 24.3 Å². The monoisotopic (exact) mass is 420 g/mol. The minimum Gasteiger partial charge on any atom is -0.491 e. The van der Waals surface area contributed by atoms with Gasteiger partial charge < -0.3 is 14.6 Å². The largest absolute Gasteiger partial charge is 0.491 e. The molecule has 0 aliphatic rings. The van der Waals surface area contributed by atoms with E-state index in [0.717, 1.165) is 22.3 Å². The van der Waals surface area contributed by atoms with Crippen molar-refractivity contribution < 1.29 is 23.8 Å². The van der Waals surface area contributed by atoms with Gasteiger partial charge in [-0.2, -0.15) is 0 Å². The molecule has 0 aliphatic carbocycles. The summed E-state index contributed by atoms with van der Waals surface area (Å²) in [4.78, 5) is 11.8. The van der Waals surface area contributed by atoms with Crippen molar-refractivity contribution >= 4 is 5.97 Å². The molecular formula is C26H25FO4. The molecule has 0 saturated heterocycles. The number of rotatable bonds is 8. The van der Waals surface area contributed by atoms with Gasteiger partial charge in [0.05, 0.1) is 6.61 Å². The lowest BCUT2D eigenvalue weighted by molar-refractivity contribution is -0.140. The number of carbonyl (C=O) groups is 1. The number of esters is 1. The molecule has 0 saturated carbocycles. The van der Waals surface area contributed by atoms with E-state index in [1.807, 2.05) is 49.4 Å². The Morgan fingerprint density at radius 2 is 1.68 bits per heavy atom. The number of carbonyl (C=O) groups excluding carboxylic acids is 1. The van der Waals surface area contributed by atoms with E-state index in [4.69, 9.17) is 14.6 Å². The minimum atomic E-state index is -0.483. The molecule has 5 heteroatoms. The van der Waals surface area contributed by atoms with Crippen LogP contribution in [-0.2, 0) is 16.1 Å². The van der Waals surface area contributed by atoms with Gasteiger partial charge in [-0.15, -0.1) is 0 Å². The number of aryl methyl sites for hydroxylation is 1. The second-order valence-electron chi connectivity index (χ2n) is 7.31. The first kappa shape index (κ1) is 22.2. The summed E-state index contributed by atoms with van der Waals surface area (Å²) < 4.78 is 25.1. The molecule has 3 aromatic rings. The number of hydrogen-bond acceptors (Lipinski definition) is 4. The first-order valence-electron chi connectivity index (χ1n) is 9.95. The number of ether oxygens (including phenoxy) is 2. The Kier molecular flexibility index (Phi) is 7.21. The van der Waals surface area contributed by atoms with E-state index in [1.165, 1.54) is 6.07 Å². The van der Waals surface area contributed by atoms with Gasteiger partial charge in [0.1, 0.15) is 24.8 Å². The summed E-state index contributed by atoms with van der Waals surface area (Å²) in [6.45, 7) is 7.06. The molecule has 1 N–H and O–H groups in total. The first-order valence-corrected chi connectivity index (χ1v) is 9.95. The summed E-state index contributed by atoms with van der Waals surface area (Å²) in [6, 6.07) is 18.3. The molecule has 0 heterocycles. The molecule has 0 fully saturated rings. The average molecular weight is 420 g/mol. The van der Waals surface area contributed by atoms with Crippen molar-refractivity contribution in [2.75, 3.05) is 13.2 Å². The topological polar surface area (TPSA) is 55.8 Å². The van der Waals surface area contributed by atoms with E-state index in [1.54, 1.807) is 19.1 Å². The summed E-state index contributed by atoms with van der Waals surface area (Å²) in [5, 5.41) is 9.05. The van der Waals surface area contributed by atoms with Gasteiger partial charge in [-0.05, 0) is 54.3 Å². The van der Waals surface area contributed by atoms with Gasteiger partial charge in [-0.1, -0.05) is 49.0 Å². The molecule has 3 rings (SSSR count). The standard InChI is InChI=1S/C26H25FO4/c1-17(2)26(29)31-16-22-15-21(9-11-25(22)30-13-12-28)19-5-7-20(8-6-19)23-10-4-18(3)14-24(23)27/h4-11,14-15,28H,1,12-13,16H2,2-3H3. The summed E-state index contributed by atoms with van der Waals surface area (Å²) >= 11 is 0. The van der Waals surface area contributed by atoms with Gasteiger partial charge >= 0.3 is 5.97 Å². The zero-order chi connectivity index (χ0) is 22.4. The Morgan fingerprint density at radius 3 is 2.32 bits per heavy atom. The molecule has 0 amide bonds. The molecule has 0 bridgehead atoms. The smallest absolute Gasteiger partial charge is 0.333 e. The Morgan fingerprint density at radius 1 is 1.00 bits per heavy atom. The lowest BCUT2D eigenvalue weighted by Crippen LogP contribution is -2.08. The fourth-order valence-electron chi connectivity index (χ4n) is 3.13. The number of aliphatic hydroxyl groups is 1. The van der Waals surface area contributed by atoms with Crippen molar-refractivity contribution in [2.24, 2.45) is 0 Å². The summed E-state index contributed by atoms with van der Waals surface area (Å²) in [5.74, 6) is -0.201. The van der Waals surface area contributed by atoms with Gasteiger partial charge in [0.2, 0.25) is 0 Å². The van der Waals surface area contributed by atoms with Crippen LogP contribution in [0.3, 0.4) is 0 Å². The van der Waals surface area contributed by atoms with Gasteiger partial charge in [0, 0.05) is 16.7 Å². The summed E-state index contributed by atoms with van der Waals surface area (Å²) in [6.07, 6.45) is 0. The van der Waals surface area contributed by atoms with Crippen LogP contribution in [0.15, 0.2) is 72.8 Å². The molecule has 0 aromatic heterocycles. The zero-order valence-corrected chi connectivity index (χ0v) is 17.7. The second-order valence-corrected chi connectivity index (χ2v) is 7.31. The van der Waals surface area contributed by atoms with Crippen LogP contribution in [0.25, 0.3) is 22.3 Å². The number of halogens is 1. The van der Waals surface area contributed by atoms with Gasteiger partial charge in [0.15, 0.2) is 0 Å². The van der Waals surface area contributed by atoms with Crippen molar-refractivity contribution in [3.05, 3.63) is 89.8 Å². The van der Waals surface area contributed by atoms with Crippen molar-refractivity contribution in [2.45, 2.75) is 20.5 Å². The maximum Gasteiger partial charge on any atom is 0.333 e. The van der Waals surface area contributed by atoms with Crippen LogP contribution in [0.1, 0.15) is 18.1 Å². The van der Waals surface area contributed by atoms with Crippen LogP contribution < -0.4 is 4.74 Å². The van der Waals surface area contributed by atoms with Crippen LogP contribution in [0.5, 0.6) is 5.75 Å². The quantitative estimate of drug-likeness (QED) is 0.388. The molecule has 3 aromatic carbocycles. The first-order chi connectivity index (χ1) is 14.9. The highest BCUT2D eigenvalue weighted by Gasteiger charge is 2.11. The molecule has 0 aliphatic heterocycles. The average Bonchev–Trinajstić information content (AvgIpc) is 2.76. The predicted molar refractivity (Wildman–Crippen MR) is 119 cm³/mol. The van der Waals surface area contributed by atoms with Crippen molar-refractivity contribution in [3.63, 3.8) is 0 Å². The van der Waals surface area contributed by atoms with E-state index in [2.05, 4.69) is 6.58 Å². The molecule has 4 nitrogen and oxygen atoms in total. The third kappa shape index (κ3) is 5.58. The molecule has 0 spiro atoms. The maximum absolute atomic E-state index is 14.3. The lowest BCUT2D eigenvalue weighted by Gasteiger charge is -2.14. The van der Waals surface area contributed by atoms with Crippen LogP contribution in [0.2, 0.25) is 0 Å². The highest BCUT2D eigenvalue weighted by atomic mass is 19.1. The Hall–Kier alpha value is -3.44.